The number of nitrogens with one attached hydrogen (secondary N) is 2. The zero-order chi connectivity index (χ0) is 28.5. The van der Waals surface area contributed by atoms with Crippen LogP contribution in [-0.2, 0) is 23.4 Å². The summed E-state index contributed by atoms with van der Waals surface area (Å²) in [7, 11) is -2.90. The quantitative estimate of drug-likeness (QED) is 0.148. The number of benzene rings is 1. The summed E-state index contributed by atoms with van der Waals surface area (Å²) in [4.78, 5) is 38.0. The Morgan fingerprint density at radius 2 is 1.92 bits per heavy atom. The average Bonchev–Trinajstić information content (AvgIpc) is 2.84. The Morgan fingerprint density at radius 1 is 1.24 bits per heavy atom. The fraction of sp³-hybridized carbons (Fsp3) is 0.500. The van der Waals surface area contributed by atoms with Gasteiger partial charge in [-0.1, -0.05) is 33.6 Å². The van der Waals surface area contributed by atoms with Gasteiger partial charge in [0.2, 0.25) is 0 Å². The third kappa shape index (κ3) is 9.84. The van der Waals surface area contributed by atoms with Crippen molar-refractivity contribution in [3.05, 3.63) is 57.4 Å². The van der Waals surface area contributed by atoms with Crippen molar-refractivity contribution in [3.63, 3.8) is 0 Å². The second-order valence-electron chi connectivity index (χ2n) is 8.07. The molecule has 0 fully saturated rings. The molecule has 212 valence electrons. The maximum atomic E-state index is 13.7. The molecule has 1 heterocycles. The minimum absolute atomic E-state index is 0.0490. The van der Waals surface area contributed by atoms with Crippen molar-refractivity contribution in [2.24, 2.45) is 0 Å². The normalized spacial score (nSPS) is 16.2. The number of carbonyl (C=O) groups is 1. The molecule has 3 N–H and O–H groups in total. The van der Waals surface area contributed by atoms with E-state index >= 15 is 0 Å². The minimum atomic E-state index is -4.34. The number of aliphatic hydroxyl groups is 1. The van der Waals surface area contributed by atoms with Gasteiger partial charge in [-0.3, -0.25) is 23.7 Å². The summed E-state index contributed by atoms with van der Waals surface area (Å²) in [5.74, 6) is -0.211. The van der Waals surface area contributed by atoms with Gasteiger partial charge < -0.3 is 23.8 Å². The molecule has 0 aliphatic heterocycles. The van der Waals surface area contributed by atoms with Crippen LogP contribution in [-0.4, -0.2) is 63.5 Å². The lowest BCUT2D eigenvalue weighted by molar-refractivity contribution is -0.149. The van der Waals surface area contributed by atoms with Gasteiger partial charge >= 0.3 is 19.4 Å². The molecule has 38 heavy (non-hydrogen) atoms. The molecule has 0 aliphatic rings. The molecule has 13 nitrogen and oxygen atoms in total. The van der Waals surface area contributed by atoms with Crippen molar-refractivity contribution >= 4 is 41.2 Å². The number of halogens is 2. The molecular formula is C22H30BrClN3O10P. The molecular weight excluding hydrogens is 613 g/mol. The number of methoxy groups -OCH3 is 1. The molecule has 1 unspecified atom stereocenters. The highest BCUT2D eigenvalue weighted by Crippen LogP contribution is 2.46. The molecule has 5 atom stereocenters. The molecule has 0 bridgehead atoms. The van der Waals surface area contributed by atoms with E-state index in [0.29, 0.717) is 5.75 Å². The number of nitrogens with zero attached hydrogens (tertiary/aromatic N) is 1. The molecule has 1 aromatic heterocycles. The van der Waals surface area contributed by atoms with Gasteiger partial charge in [0.25, 0.3) is 5.56 Å². The largest absolute Gasteiger partial charge is 0.497 e. The van der Waals surface area contributed by atoms with Crippen molar-refractivity contribution in [3.8, 4) is 11.5 Å². The van der Waals surface area contributed by atoms with Gasteiger partial charge in [0.05, 0.1) is 19.8 Å². The van der Waals surface area contributed by atoms with E-state index in [4.69, 9.17) is 34.9 Å². The highest BCUT2D eigenvalue weighted by atomic mass is 79.9. The number of H-pyrrole nitrogens is 1. The van der Waals surface area contributed by atoms with Gasteiger partial charge in [-0.25, -0.2) is 9.36 Å². The first-order valence-corrected chi connectivity index (χ1v) is 14.4. The number of carbonyl (C=O) groups excluding carboxylic acids is 1. The van der Waals surface area contributed by atoms with Crippen molar-refractivity contribution in [2.45, 2.75) is 50.8 Å². The molecule has 2 aromatic rings. The van der Waals surface area contributed by atoms with Gasteiger partial charge in [-0.15, -0.1) is 0 Å². The topological polar surface area (TPSA) is 167 Å². The third-order valence-electron chi connectivity index (χ3n) is 4.66. The van der Waals surface area contributed by atoms with E-state index in [1.54, 1.807) is 26.0 Å². The standard InChI is InChI=1S/C22H30BrClN3O10P/c1-13(2)35-21(30)14(3)26-38(32,37-16-7-5-6-15(10-16)33-4)34-12-17(20(24)29)36-19(11-23)27-9-8-18(28)25-22(27)31/h5-10,13-14,17,19-20,29H,11-12H2,1-4H3,(H,26,32)(H,25,28,31)/t14-,17+,19+,20+,38?/m0/s1. The summed E-state index contributed by atoms with van der Waals surface area (Å²) in [6, 6.07) is 6.16. The predicted molar refractivity (Wildman–Crippen MR) is 142 cm³/mol. The van der Waals surface area contributed by atoms with Crippen LogP contribution in [0.1, 0.15) is 27.0 Å². The van der Waals surface area contributed by atoms with Crippen molar-refractivity contribution in [2.75, 3.05) is 19.0 Å². The lowest BCUT2D eigenvalue weighted by atomic mass is 10.3. The van der Waals surface area contributed by atoms with Crippen LogP contribution in [0.5, 0.6) is 11.5 Å². The number of esters is 1. The molecule has 0 saturated heterocycles. The van der Waals surface area contributed by atoms with Gasteiger partial charge in [0.1, 0.15) is 29.9 Å². The second-order valence-corrected chi connectivity index (χ2v) is 10.9. The van der Waals surface area contributed by atoms with Crippen LogP contribution in [0.25, 0.3) is 0 Å². The lowest BCUT2D eigenvalue weighted by Crippen LogP contribution is -2.40. The van der Waals surface area contributed by atoms with E-state index in [-0.39, 0.29) is 11.1 Å². The first kappa shape index (κ1) is 32.0. The molecule has 0 spiro atoms. The SMILES string of the molecule is COc1cccc(OP(=O)(N[C@@H](C)C(=O)OC(C)C)OC[C@@H](O[C@H](CBr)n2ccc(=O)[nH]c2=O)[C@@H](O)Cl)c1. The smallest absolute Gasteiger partial charge is 0.459 e. The third-order valence-corrected chi connectivity index (χ3v) is 7.14. The first-order valence-electron chi connectivity index (χ1n) is 11.3. The van der Waals surface area contributed by atoms with Crippen LogP contribution in [0.4, 0.5) is 0 Å². The monoisotopic (exact) mass is 641 g/mol. The van der Waals surface area contributed by atoms with E-state index in [9.17, 15) is 24.1 Å². The summed E-state index contributed by atoms with van der Waals surface area (Å²) in [5.41, 5.74) is -3.05. The Kier molecular flexibility index (Phi) is 12.5. The van der Waals surface area contributed by atoms with E-state index < -0.39 is 61.6 Å². The number of hydrogen-bond acceptors (Lipinski definition) is 10. The number of aliphatic hydroxyl groups excluding tert-OH is 1. The summed E-state index contributed by atoms with van der Waals surface area (Å²) < 4.78 is 41.9. The van der Waals surface area contributed by atoms with Crippen molar-refractivity contribution in [1.29, 1.82) is 0 Å². The Bertz CT molecular complexity index is 1220. The first-order chi connectivity index (χ1) is 17.9. The van der Waals surface area contributed by atoms with E-state index in [0.717, 1.165) is 10.6 Å². The van der Waals surface area contributed by atoms with Crippen LogP contribution in [0.3, 0.4) is 0 Å². The van der Waals surface area contributed by atoms with Crippen LogP contribution in [0.2, 0.25) is 0 Å². The molecule has 0 saturated carbocycles. The Balaban J connectivity index is 2.28. The number of rotatable bonds is 15. The van der Waals surface area contributed by atoms with E-state index in [1.165, 1.54) is 32.4 Å². The summed E-state index contributed by atoms with van der Waals surface area (Å²) in [6.07, 6.45) is -1.62. The summed E-state index contributed by atoms with van der Waals surface area (Å²) in [5, 5.41) is 12.7. The molecule has 2 rings (SSSR count). The lowest BCUT2D eigenvalue weighted by Gasteiger charge is -2.28. The average molecular weight is 643 g/mol. The Hall–Kier alpha value is -2.19. The van der Waals surface area contributed by atoms with Crippen molar-refractivity contribution < 1.29 is 37.7 Å². The fourth-order valence-corrected chi connectivity index (χ4v) is 4.99. The van der Waals surface area contributed by atoms with Gasteiger partial charge in [-0.2, -0.15) is 5.09 Å². The van der Waals surface area contributed by atoms with E-state index in [1.807, 2.05) is 0 Å². The molecule has 1 aromatic carbocycles. The predicted octanol–water partition coefficient (Wildman–Crippen LogP) is 2.51. The number of alkyl halides is 2. The highest BCUT2D eigenvalue weighted by molar-refractivity contribution is 9.09. The van der Waals surface area contributed by atoms with Crippen LogP contribution >= 0.6 is 35.3 Å². The number of hydrogen-bond donors (Lipinski definition) is 3. The summed E-state index contributed by atoms with van der Waals surface area (Å²) in [6.45, 7) is 4.12. The van der Waals surface area contributed by atoms with Crippen LogP contribution in [0.15, 0.2) is 46.1 Å². The molecule has 0 aliphatic carbocycles. The Labute approximate surface area is 232 Å². The van der Waals surface area contributed by atoms with Gasteiger partial charge in [-0.05, 0) is 32.9 Å². The Morgan fingerprint density at radius 3 is 2.50 bits per heavy atom. The second kappa shape index (κ2) is 14.8. The zero-order valence-corrected chi connectivity index (χ0v) is 24.3. The minimum Gasteiger partial charge on any atom is -0.497 e. The van der Waals surface area contributed by atoms with E-state index in [2.05, 4.69) is 26.0 Å². The van der Waals surface area contributed by atoms with Gasteiger partial charge in [0.15, 0.2) is 5.56 Å². The summed E-state index contributed by atoms with van der Waals surface area (Å²) >= 11 is 9.09. The molecule has 0 amide bonds. The maximum absolute atomic E-state index is 13.7. The van der Waals surface area contributed by atoms with Crippen LogP contribution < -0.4 is 25.6 Å². The number of ether oxygens (including phenoxy) is 3. The highest BCUT2D eigenvalue weighted by Gasteiger charge is 2.35. The number of aromatic nitrogens is 2. The number of aromatic amines is 1. The molecule has 0 radical (unpaired) electrons. The molecule has 16 heteroatoms. The van der Waals surface area contributed by atoms with Crippen LogP contribution in [0, 0.1) is 0 Å². The maximum Gasteiger partial charge on any atom is 0.459 e. The zero-order valence-electron chi connectivity index (χ0n) is 21.0. The van der Waals surface area contributed by atoms with Crippen molar-refractivity contribution in [1.82, 2.24) is 14.6 Å². The fourth-order valence-electron chi connectivity index (χ4n) is 2.90. The van der Waals surface area contributed by atoms with Gasteiger partial charge in [0, 0.05) is 23.7 Å².